The molecule has 6 heteroatoms. The number of nitrogens with one attached hydrogen (secondary N) is 1. The molecule has 94 valence electrons. The lowest BCUT2D eigenvalue weighted by Gasteiger charge is -2.09. The minimum absolute atomic E-state index is 0.0555. The lowest BCUT2D eigenvalue weighted by Crippen LogP contribution is -2.13. The number of amides is 1. The maximum absolute atomic E-state index is 11.6. The number of nitrogens with zero attached hydrogens (tertiary/aromatic N) is 1. The summed E-state index contributed by atoms with van der Waals surface area (Å²) in [5, 5.41) is 4.21. The molecule has 0 aliphatic heterocycles. The fourth-order valence-electron chi connectivity index (χ4n) is 1.33. The van der Waals surface area contributed by atoms with Gasteiger partial charge in [0.05, 0.1) is 5.69 Å². The van der Waals surface area contributed by atoms with E-state index in [1.807, 2.05) is 6.92 Å². The second kappa shape index (κ2) is 7.19. The molecule has 0 radical (unpaired) electrons. The molecule has 1 aromatic rings. The van der Waals surface area contributed by atoms with E-state index < -0.39 is 0 Å². The highest BCUT2D eigenvalue weighted by atomic mass is 79.9. The molecule has 0 aromatic carbocycles. The van der Waals surface area contributed by atoms with Gasteiger partial charge in [0.15, 0.2) is 5.15 Å². The van der Waals surface area contributed by atoms with E-state index in [4.69, 9.17) is 23.2 Å². The van der Waals surface area contributed by atoms with Gasteiger partial charge in [-0.1, -0.05) is 39.1 Å². The highest BCUT2D eigenvalue weighted by Crippen LogP contribution is 2.26. The zero-order valence-corrected chi connectivity index (χ0v) is 12.5. The Bertz CT molecular complexity index is 389. The summed E-state index contributed by atoms with van der Waals surface area (Å²) < 4.78 is 0. The third-order valence-electron chi connectivity index (χ3n) is 2.19. The van der Waals surface area contributed by atoms with Crippen molar-refractivity contribution in [2.45, 2.75) is 26.2 Å². The highest BCUT2D eigenvalue weighted by Gasteiger charge is 2.10. The van der Waals surface area contributed by atoms with Gasteiger partial charge in [0.1, 0.15) is 5.15 Å². The molecule has 0 fully saturated rings. The summed E-state index contributed by atoms with van der Waals surface area (Å²) in [4.78, 5) is 15.5. The number of alkyl halides is 1. The first-order valence-electron chi connectivity index (χ1n) is 5.23. The van der Waals surface area contributed by atoms with Crippen LogP contribution in [0.4, 0.5) is 5.69 Å². The summed E-state index contributed by atoms with van der Waals surface area (Å²) >= 11 is 15.0. The summed E-state index contributed by atoms with van der Waals surface area (Å²) in [7, 11) is 0. The summed E-state index contributed by atoms with van der Waals surface area (Å²) in [6.07, 6.45) is 2.29. The number of pyridine rings is 1. The van der Waals surface area contributed by atoms with Gasteiger partial charge in [0, 0.05) is 11.8 Å². The van der Waals surface area contributed by atoms with Crippen molar-refractivity contribution in [1.29, 1.82) is 0 Å². The van der Waals surface area contributed by atoms with Crippen LogP contribution in [0.5, 0.6) is 0 Å². The predicted molar refractivity (Wildman–Crippen MR) is 75.3 cm³/mol. The molecular formula is C11H13BrCl2N2O. The maximum atomic E-state index is 11.6. The van der Waals surface area contributed by atoms with Crippen LogP contribution in [-0.2, 0) is 4.79 Å². The van der Waals surface area contributed by atoms with Gasteiger partial charge < -0.3 is 5.32 Å². The van der Waals surface area contributed by atoms with E-state index >= 15 is 0 Å². The Hall–Kier alpha value is -0.320. The molecule has 0 unspecified atom stereocenters. The summed E-state index contributed by atoms with van der Waals surface area (Å²) in [5.74, 6) is -0.0555. The number of hydrogen-bond donors (Lipinski definition) is 1. The summed E-state index contributed by atoms with van der Waals surface area (Å²) in [5.41, 5.74) is 1.35. The summed E-state index contributed by atoms with van der Waals surface area (Å²) in [6.45, 7) is 1.83. The molecule has 1 heterocycles. The van der Waals surface area contributed by atoms with Crippen molar-refractivity contribution < 1.29 is 4.79 Å². The lowest BCUT2D eigenvalue weighted by atomic mass is 10.2. The van der Waals surface area contributed by atoms with Crippen molar-refractivity contribution in [3.05, 3.63) is 21.9 Å². The number of rotatable bonds is 5. The first-order valence-corrected chi connectivity index (χ1v) is 7.10. The molecule has 0 aliphatic carbocycles. The van der Waals surface area contributed by atoms with Gasteiger partial charge in [-0.3, -0.25) is 4.79 Å². The van der Waals surface area contributed by atoms with Gasteiger partial charge in [0.25, 0.3) is 0 Å². The molecule has 0 saturated heterocycles. The molecule has 0 atom stereocenters. The summed E-state index contributed by atoms with van der Waals surface area (Å²) in [6, 6.07) is 1.67. The second-order valence-electron chi connectivity index (χ2n) is 3.62. The van der Waals surface area contributed by atoms with E-state index in [1.54, 1.807) is 6.07 Å². The molecule has 1 aromatic heterocycles. The fourth-order valence-corrected chi connectivity index (χ4v) is 2.30. The number of aromatic nitrogens is 1. The number of carbonyl (C=O) groups excluding carboxylic acids is 1. The van der Waals surface area contributed by atoms with Crippen molar-refractivity contribution in [3.8, 4) is 0 Å². The normalized spacial score (nSPS) is 10.4. The topological polar surface area (TPSA) is 42.0 Å². The van der Waals surface area contributed by atoms with Crippen LogP contribution in [0.15, 0.2) is 6.07 Å². The monoisotopic (exact) mass is 338 g/mol. The van der Waals surface area contributed by atoms with Crippen molar-refractivity contribution in [2.75, 3.05) is 10.6 Å². The Kier molecular flexibility index (Phi) is 6.23. The Morgan fingerprint density at radius 1 is 1.47 bits per heavy atom. The van der Waals surface area contributed by atoms with Gasteiger partial charge in [-0.15, -0.1) is 0 Å². The molecule has 0 saturated carbocycles. The predicted octanol–water partition coefficient (Wildman–Crippen LogP) is 4.20. The average Bonchev–Trinajstić information content (AvgIpc) is 2.24. The zero-order chi connectivity index (χ0) is 12.8. The van der Waals surface area contributed by atoms with Crippen LogP contribution in [0, 0.1) is 6.92 Å². The minimum atomic E-state index is -0.0555. The molecule has 1 N–H and O–H groups in total. The van der Waals surface area contributed by atoms with Crippen LogP contribution in [-0.4, -0.2) is 16.2 Å². The first kappa shape index (κ1) is 14.7. The molecule has 1 rings (SSSR count). The van der Waals surface area contributed by atoms with Gasteiger partial charge in [-0.05, 0) is 31.4 Å². The van der Waals surface area contributed by atoms with Crippen molar-refractivity contribution >= 4 is 50.7 Å². The lowest BCUT2D eigenvalue weighted by molar-refractivity contribution is -0.116. The van der Waals surface area contributed by atoms with Crippen molar-refractivity contribution in [1.82, 2.24) is 4.98 Å². The van der Waals surface area contributed by atoms with Gasteiger partial charge >= 0.3 is 0 Å². The second-order valence-corrected chi connectivity index (χ2v) is 5.16. The Balaban J connectivity index is 2.65. The van der Waals surface area contributed by atoms with Crippen LogP contribution >= 0.6 is 39.1 Å². The van der Waals surface area contributed by atoms with Crippen LogP contribution in [0.25, 0.3) is 0 Å². The van der Waals surface area contributed by atoms with E-state index in [0.717, 1.165) is 23.7 Å². The van der Waals surface area contributed by atoms with E-state index in [0.29, 0.717) is 17.3 Å². The number of carbonyl (C=O) groups is 1. The van der Waals surface area contributed by atoms with Crippen LogP contribution in [0.2, 0.25) is 10.3 Å². The largest absolute Gasteiger partial charge is 0.323 e. The van der Waals surface area contributed by atoms with Crippen LogP contribution in [0.3, 0.4) is 0 Å². The number of hydrogen-bond acceptors (Lipinski definition) is 2. The van der Waals surface area contributed by atoms with E-state index in [1.165, 1.54) is 0 Å². The van der Waals surface area contributed by atoms with Gasteiger partial charge in [-0.25, -0.2) is 4.98 Å². The molecule has 0 aliphatic rings. The Morgan fingerprint density at radius 3 is 2.76 bits per heavy atom. The number of halogens is 3. The van der Waals surface area contributed by atoms with E-state index in [-0.39, 0.29) is 11.1 Å². The minimum Gasteiger partial charge on any atom is -0.323 e. The smallest absolute Gasteiger partial charge is 0.224 e. The Labute approximate surface area is 119 Å². The quantitative estimate of drug-likeness (QED) is 0.496. The van der Waals surface area contributed by atoms with E-state index in [2.05, 4.69) is 26.2 Å². The third-order valence-corrected chi connectivity index (χ3v) is 3.22. The maximum Gasteiger partial charge on any atom is 0.224 e. The third kappa shape index (κ3) is 4.82. The standard InChI is InChI=1S/C11H13BrCl2N2O/c1-7-6-8(13)15-11(14)10(7)16-9(17)4-2-3-5-12/h6H,2-5H2,1H3,(H,16,17). The van der Waals surface area contributed by atoms with E-state index in [9.17, 15) is 4.79 Å². The van der Waals surface area contributed by atoms with Crippen molar-refractivity contribution in [2.24, 2.45) is 0 Å². The Morgan fingerprint density at radius 2 is 2.18 bits per heavy atom. The molecular weight excluding hydrogens is 327 g/mol. The molecule has 17 heavy (non-hydrogen) atoms. The molecule has 0 bridgehead atoms. The number of anilines is 1. The average molecular weight is 340 g/mol. The van der Waals surface area contributed by atoms with Gasteiger partial charge in [-0.2, -0.15) is 0 Å². The zero-order valence-electron chi connectivity index (χ0n) is 9.40. The van der Waals surface area contributed by atoms with Crippen LogP contribution < -0.4 is 5.32 Å². The SMILES string of the molecule is Cc1cc(Cl)nc(Cl)c1NC(=O)CCCCBr. The molecule has 3 nitrogen and oxygen atoms in total. The molecule has 1 amide bonds. The number of aryl methyl sites for hydroxylation is 1. The van der Waals surface area contributed by atoms with Gasteiger partial charge in [0.2, 0.25) is 5.91 Å². The highest BCUT2D eigenvalue weighted by molar-refractivity contribution is 9.09. The first-order chi connectivity index (χ1) is 8.04. The fraction of sp³-hybridized carbons (Fsp3) is 0.455. The molecule has 0 spiro atoms. The van der Waals surface area contributed by atoms with Crippen molar-refractivity contribution in [3.63, 3.8) is 0 Å². The number of unbranched alkanes of at least 4 members (excludes halogenated alkanes) is 1. The van der Waals surface area contributed by atoms with Crippen LogP contribution in [0.1, 0.15) is 24.8 Å².